The summed E-state index contributed by atoms with van der Waals surface area (Å²) in [7, 11) is 7.51. The van der Waals surface area contributed by atoms with Gasteiger partial charge >= 0.3 is 0 Å². The monoisotopic (exact) mass is 199 g/mol. The van der Waals surface area contributed by atoms with E-state index in [1.54, 1.807) is 6.20 Å². The molecule has 1 rings (SSSR count). The summed E-state index contributed by atoms with van der Waals surface area (Å²) in [5.41, 5.74) is 0. The summed E-state index contributed by atoms with van der Waals surface area (Å²) in [5, 5.41) is 0.748. The van der Waals surface area contributed by atoms with Gasteiger partial charge in [0, 0.05) is 34.4 Å². The van der Waals surface area contributed by atoms with Gasteiger partial charge < -0.3 is 9.80 Å². The average molecular weight is 199 g/mol. The highest BCUT2D eigenvalue weighted by Gasteiger charge is 2.22. The van der Waals surface area contributed by atoms with Crippen molar-refractivity contribution in [2.24, 2.45) is 4.99 Å². The molecule has 0 atom stereocenters. The fourth-order valence-electron chi connectivity index (χ4n) is 0.814. The van der Waals surface area contributed by atoms with E-state index in [-0.39, 0.29) is 5.91 Å². The van der Waals surface area contributed by atoms with Gasteiger partial charge in [0.15, 0.2) is 5.17 Å². The number of amides is 1. The lowest BCUT2D eigenvalue weighted by molar-refractivity contribution is -0.113. The fraction of sp³-hybridized carbons (Fsp3) is 0.500. The molecule has 1 amide bonds. The molecule has 72 valence electrons. The minimum atomic E-state index is -0.151. The van der Waals surface area contributed by atoms with E-state index in [2.05, 4.69) is 4.99 Å². The van der Waals surface area contributed by atoms with Crippen LogP contribution < -0.4 is 0 Å². The first-order chi connectivity index (χ1) is 6.00. The number of hydrogen-bond acceptors (Lipinski definition) is 4. The maximum Gasteiger partial charge on any atom is 0.287 e. The molecule has 13 heavy (non-hydrogen) atoms. The van der Waals surface area contributed by atoms with E-state index >= 15 is 0 Å². The molecular formula is C8H13N3OS. The van der Waals surface area contributed by atoms with Crippen LogP contribution in [0, 0.1) is 0 Å². The normalized spacial score (nSPS) is 19.2. The quantitative estimate of drug-likeness (QED) is 0.579. The molecule has 0 bridgehead atoms. The van der Waals surface area contributed by atoms with Gasteiger partial charge in [-0.25, -0.2) is 0 Å². The lowest BCUT2D eigenvalue weighted by Gasteiger charge is -2.09. The molecule has 0 saturated heterocycles. The molecule has 0 spiro atoms. The van der Waals surface area contributed by atoms with E-state index in [1.807, 2.05) is 38.0 Å². The topological polar surface area (TPSA) is 35.9 Å². The first kappa shape index (κ1) is 10.1. The minimum Gasteiger partial charge on any atom is -0.382 e. The summed E-state index contributed by atoms with van der Waals surface area (Å²) in [5.74, 6) is -0.151. The van der Waals surface area contributed by atoms with Crippen LogP contribution in [0.3, 0.4) is 0 Å². The third-order valence-electron chi connectivity index (χ3n) is 1.37. The van der Waals surface area contributed by atoms with Crippen molar-refractivity contribution in [2.45, 2.75) is 0 Å². The van der Waals surface area contributed by atoms with E-state index in [9.17, 15) is 4.79 Å². The van der Waals surface area contributed by atoms with Crippen LogP contribution in [0.5, 0.6) is 0 Å². The molecule has 1 aliphatic heterocycles. The number of amidine groups is 1. The van der Waals surface area contributed by atoms with Gasteiger partial charge in [0.25, 0.3) is 5.91 Å². The Labute approximate surface area is 82.3 Å². The van der Waals surface area contributed by atoms with Crippen molar-refractivity contribution in [1.29, 1.82) is 0 Å². The highest BCUT2D eigenvalue weighted by Crippen LogP contribution is 2.27. The van der Waals surface area contributed by atoms with Gasteiger partial charge in [-0.15, -0.1) is 0 Å². The van der Waals surface area contributed by atoms with E-state index in [0.29, 0.717) is 4.91 Å². The van der Waals surface area contributed by atoms with E-state index < -0.39 is 0 Å². The highest BCUT2D eigenvalue weighted by molar-refractivity contribution is 8.18. The van der Waals surface area contributed by atoms with Crippen LogP contribution in [0.4, 0.5) is 0 Å². The fourth-order valence-corrected chi connectivity index (χ4v) is 1.72. The van der Waals surface area contributed by atoms with Crippen molar-refractivity contribution in [3.63, 3.8) is 0 Å². The van der Waals surface area contributed by atoms with Crippen molar-refractivity contribution in [2.75, 3.05) is 28.2 Å². The van der Waals surface area contributed by atoms with Crippen LogP contribution in [-0.2, 0) is 4.79 Å². The summed E-state index contributed by atoms with van der Waals surface area (Å²) >= 11 is 1.40. The van der Waals surface area contributed by atoms with Crippen LogP contribution in [0.2, 0.25) is 0 Å². The van der Waals surface area contributed by atoms with E-state index in [0.717, 1.165) is 5.17 Å². The van der Waals surface area contributed by atoms with Crippen molar-refractivity contribution in [3.8, 4) is 0 Å². The van der Waals surface area contributed by atoms with Gasteiger partial charge in [0.1, 0.15) is 0 Å². The van der Waals surface area contributed by atoms with Crippen molar-refractivity contribution in [1.82, 2.24) is 9.80 Å². The van der Waals surface area contributed by atoms with E-state index in [4.69, 9.17) is 0 Å². The number of nitrogens with zero attached hydrogens (tertiary/aromatic N) is 3. The second-order valence-corrected chi connectivity index (χ2v) is 4.16. The van der Waals surface area contributed by atoms with Gasteiger partial charge in [0.2, 0.25) is 0 Å². The molecule has 4 nitrogen and oxygen atoms in total. The minimum absolute atomic E-state index is 0.151. The Kier molecular flexibility index (Phi) is 2.98. The molecular weight excluding hydrogens is 186 g/mol. The maximum absolute atomic E-state index is 11.3. The molecule has 0 saturated carbocycles. The summed E-state index contributed by atoms with van der Waals surface area (Å²) in [6, 6.07) is 0. The smallest absolute Gasteiger partial charge is 0.287 e. The lowest BCUT2D eigenvalue weighted by Crippen LogP contribution is -2.16. The zero-order valence-electron chi connectivity index (χ0n) is 8.24. The predicted molar refractivity (Wildman–Crippen MR) is 55.5 cm³/mol. The summed E-state index contributed by atoms with van der Waals surface area (Å²) < 4.78 is 0. The Morgan fingerprint density at radius 1 is 1.31 bits per heavy atom. The molecule has 0 radical (unpaired) electrons. The summed E-state index contributed by atoms with van der Waals surface area (Å²) in [4.78, 5) is 19.5. The van der Waals surface area contributed by atoms with Gasteiger partial charge in [-0.1, -0.05) is 0 Å². The van der Waals surface area contributed by atoms with Crippen LogP contribution in [0.1, 0.15) is 0 Å². The van der Waals surface area contributed by atoms with Gasteiger partial charge in [-0.3, -0.25) is 4.79 Å². The summed E-state index contributed by atoms with van der Waals surface area (Å²) in [6.07, 6.45) is 1.78. The molecule has 0 N–H and O–H groups in total. The number of carbonyl (C=O) groups excluding carboxylic acids is 1. The third kappa shape index (κ3) is 2.48. The Hall–Kier alpha value is -0.970. The molecule has 0 aromatic carbocycles. The van der Waals surface area contributed by atoms with Gasteiger partial charge in [0.05, 0.1) is 4.91 Å². The first-order valence-corrected chi connectivity index (χ1v) is 4.69. The highest BCUT2D eigenvalue weighted by atomic mass is 32.2. The van der Waals surface area contributed by atoms with E-state index in [1.165, 1.54) is 11.8 Å². The molecule has 5 heteroatoms. The van der Waals surface area contributed by atoms with Crippen molar-refractivity contribution in [3.05, 3.63) is 11.1 Å². The number of rotatable bonds is 1. The maximum atomic E-state index is 11.3. The lowest BCUT2D eigenvalue weighted by atomic mass is 10.5. The van der Waals surface area contributed by atoms with Crippen LogP contribution >= 0.6 is 11.8 Å². The van der Waals surface area contributed by atoms with Gasteiger partial charge in [-0.2, -0.15) is 4.99 Å². The molecule has 1 aliphatic rings. The van der Waals surface area contributed by atoms with Crippen LogP contribution in [0.25, 0.3) is 0 Å². The van der Waals surface area contributed by atoms with Crippen molar-refractivity contribution >= 4 is 22.8 Å². The number of hydrogen-bond donors (Lipinski definition) is 0. The second-order valence-electron chi connectivity index (χ2n) is 3.15. The summed E-state index contributed by atoms with van der Waals surface area (Å²) in [6.45, 7) is 0. The van der Waals surface area contributed by atoms with Crippen molar-refractivity contribution < 1.29 is 4.79 Å². The standard InChI is InChI=1S/C8H13N3OS/c1-10(2)5-6-7(12)9-8(13-6)11(3)4/h5H,1-4H3/b6-5-. The zero-order valence-corrected chi connectivity index (χ0v) is 9.05. The first-order valence-electron chi connectivity index (χ1n) is 3.87. The Bertz CT molecular complexity index is 281. The Morgan fingerprint density at radius 2 is 1.92 bits per heavy atom. The average Bonchev–Trinajstić information content (AvgIpc) is 2.31. The SMILES string of the molecule is CN(C)/C=C1\SC(N(C)C)=NC1=O. The Morgan fingerprint density at radius 3 is 2.31 bits per heavy atom. The Balaban J connectivity index is 2.76. The number of thioether (sulfide) groups is 1. The molecule has 1 heterocycles. The van der Waals surface area contributed by atoms with Crippen LogP contribution in [0.15, 0.2) is 16.1 Å². The second kappa shape index (κ2) is 3.83. The molecule has 0 aromatic heterocycles. The van der Waals surface area contributed by atoms with Crippen LogP contribution in [-0.4, -0.2) is 49.1 Å². The third-order valence-corrected chi connectivity index (χ3v) is 2.51. The van der Waals surface area contributed by atoms with Gasteiger partial charge in [-0.05, 0) is 11.8 Å². The molecule has 0 fully saturated rings. The number of aliphatic imine (C=N–C) groups is 1. The molecule has 0 aliphatic carbocycles. The zero-order chi connectivity index (χ0) is 10.0. The molecule has 0 unspecified atom stereocenters. The molecule has 0 aromatic rings. The predicted octanol–water partition coefficient (Wildman–Crippen LogP) is 0.580. The number of carbonyl (C=O) groups is 1. The largest absolute Gasteiger partial charge is 0.382 e.